The van der Waals surface area contributed by atoms with Crippen molar-refractivity contribution in [3.05, 3.63) is 54.0 Å². The Labute approximate surface area is 205 Å². The Morgan fingerprint density at radius 3 is 2.63 bits per heavy atom. The Kier molecular flexibility index (Phi) is 6.93. The lowest BCUT2D eigenvalue weighted by atomic mass is 9.99. The van der Waals surface area contributed by atoms with Gasteiger partial charge in [0, 0.05) is 74.1 Å². The summed E-state index contributed by atoms with van der Waals surface area (Å²) < 4.78 is 36.4. The van der Waals surface area contributed by atoms with E-state index in [1.54, 1.807) is 24.7 Å². The Morgan fingerprint density at radius 2 is 1.89 bits per heavy atom. The minimum absolute atomic E-state index is 0.0542. The van der Waals surface area contributed by atoms with Crippen LogP contribution in [0.4, 0.5) is 15.9 Å². The van der Waals surface area contributed by atoms with Crippen LogP contribution in [0, 0.1) is 5.95 Å². The Bertz CT molecular complexity index is 1210. The van der Waals surface area contributed by atoms with Crippen molar-refractivity contribution in [2.45, 2.75) is 38.3 Å². The fourth-order valence-corrected chi connectivity index (χ4v) is 5.26. The summed E-state index contributed by atoms with van der Waals surface area (Å²) >= 11 is -2.07. The van der Waals surface area contributed by atoms with Crippen molar-refractivity contribution >= 4 is 22.6 Å². The molecule has 2 aliphatic heterocycles. The Balaban J connectivity index is 1.30. The van der Waals surface area contributed by atoms with Gasteiger partial charge < -0.3 is 14.8 Å². The molecule has 3 aromatic rings. The molecule has 0 amide bonds. The van der Waals surface area contributed by atoms with Crippen molar-refractivity contribution in [1.29, 1.82) is 0 Å². The second-order valence-corrected chi connectivity index (χ2v) is 9.66. The maximum atomic E-state index is 14.5. The van der Waals surface area contributed by atoms with Gasteiger partial charge in [-0.3, -0.25) is 9.11 Å². The summed E-state index contributed by atoms with van der Waals surface area (Å²) in [6.45, 7) is 4.04. The quantitative estimate of drug-likeness (QED) is 0.401. The molecule has 35 heavy (non-hydrogen) atoms. The zero-order valence-corrected chi connectivity index (χ0v) is 20.1. The molecule has 1 fully saturated rings. The largest absolute Gasteiger partial charge is 0.771 e. The molecule has 2 unspecified atom stereocenters. The zero-order chi connectivity index (χ0) is 24.4. The topological polar surface area (TPSA) is 123 Å². The maximum absolute atomic E-state index is 14.5. The molecule has 0 bridgehead atoms. The van der Waals surface area contributed by atoms with Crippen LogP contribution in [0.1, 0.15) is 37.1 Å². The van der Waals surface area contributed by atoms with E-state index >= 15 is 0 Å². The number of piperidine rings is 1. The summed E-state index contributed by atoms with van der Waals surface area (Å²) in [5, 5.41) is 3.41. The molecule has 184 valence electrons. The fourth-order valence-electron chi connectivity index (χ4n) is 4.70. The molecule has 3 aromatic heterocycles. The number of aromatic nitrogens is 5. The second-order valence-electron chi connectivity index (χ2n) is 8.79. The number of nitrogens with one attached hydrogen (secondary N) is 1. The van der Waals surface area contributed by atoms with E-state index in [0.29, 0.717) is 49.2 Å². The predicted molar refractivity (Wildman–Crippen MR) is 129 cm³/mol. The summed E-state index contributed by atoms with van der Waals surface area (Å²) in [5.74, 6) is 1.04. The first-order valence-electron chi connectivity index (χ1n) is 11.6. The maximum Gasteiger partial charge on any atom is 0.216 e. The standard InChI is InChI=1S/C23H27FN8O2S/c1-15-18-13-27-23(22-25-6-2-7-26-22)29-19(18)5-10-32(15)21-12-17(11-20(24)30-21)28-16-3-8-31(9-4-16)14-35(33)34/h2,6-7,11-13,15-16H,3-5,8-10,14H2,1H3,(H,28,30)(H,33,34)/p-1. The van der Waals surface area contributed by atoms with E-state index in [4.69, 9.17) is 0 Å². The van der Waals surface area contributed by atoms with Gasteiger partial charge in [-0.1, -0.05) is 0 Å². The summed E-state index contributed by atoms with van der Waals surface area (Å²) in [5.41, 5.74) is 2.58. The van der Waals surface area contributed by atoms with Crippen LogP contribution in [-0.4, -0.2) is 70.1 Å². The van der Waals surface area contributed by atoms with Crippen LogP contribution >= 0.6 is 0 Å². The highest BCUT2D eigenvalue weighted by atomic mass is 32.2. The van der Waals surface area contributed by atoms with Crippen LogP contribution in [0.25, 0.3) is 11.6 Å². The molecule has 1 saturated heterocycles. The lowest BCUT2D eigenvalue weighted by Gasteiger charge is -2.36. The number of rotatable bonds is 6. The van der Waals surface area contributed by atoms with Gasteiger partial charge in [-0.2, -0.15) is 4.39 Å². The third-order valence-electron chi connectivity index (χ3n) is 6.49. The van der Waals surface area contributed by atoms with Crippen LogP contribution < -0.4 is 10.2 Å². The monoisotopic (exact) mass is 497 g/mol. The molecule has 0 aliphatic carbocycles. The molecule has 2 aliphatic rings. The molecule has 2 atom stereocenters. The lowest BCUT2D eigenvalue weighted by molar-refractivity contribution is 0.247. The molecular weight excluding hydrogens is 471 g/mol. The van der Waals surface area contributed by atoms with Crippen LogP contribution in [0.5, 0.6) is 0 Å². The minimum atomic E-state index is -2.07. The molecule has 0 saturated carbocycles. The first kappa shape index (κ1) is 23.6. The smallest absolute Gasteiger partial charge is 0.216 e. The van der Waals surface area contributed by atoms with Crippen molar-refractivity contribution in [2.24, 2.45) is 0 Å². The average molecular weight is 498 g/mol. The van der Waals surface area contributed by atoms with Crippen molar-refractivity contribution < 1.29 is 13.2 Å². The first-order valence-corrected chi connectivity index (χ1v) is 12.8. The van der Waals surface area contributed by atoms with Gasteiger partial charge >= 0.3 is 0 Å². The van der Waals surface area contributed by atoms with Crippen molar-refractivity contribution in [2.75, 3.05) is 35.7 Å². The molecule has 5 heterocycles. The number of likely N-dealkylation sites (tertiary alicyclic amines) is 1. The predicted octanol–water partition coefficient (Wildman–Crippen LogP) is 2.30. The van der Waals surface area contributed by atoms with Crippen molar-refractivity contribution in [1.82, 2.24) is 29.8 Å². The molecule has 10 nitrogen and oxygen atoms in total. The van der Waals surface area contributed by atoms with Gasteiger partial charge in [-0.15, -0.1) is 0 Å². The molecular formula is C23H26FN8O2S-. The molecule has 5 rings (SSSR count). The van der Waals surface area contributed by atoms with Crippen LogP contribution in [0.15, 0.2) is 36.8 Å². The van der Waals surface area contributed by atoms with Gasteiger partial charge in [0.1, 0.15) is 5.82 Å². The van der Waals surface area contributed by atoms with Crippen LogP contribution in [0.2, 0.25) is 0 Å². The minimum Gasteiger partial charge on any atom is -0.771 e. The normalized spacial score (nSPS) is 19.9. The van der Waals surface area contributed by atoms with Gasteiger partial charge in [0.25, 0.3) is 0 Å². The number of hydrogen-bond acceptors (Lipinski definition) is 10. The highest BCUT2D eigenvalue weighted by Crippen LogP contribution is 2.33. The number of pyridine rings is 1. The van der Waals surface area contributed by atoms with Crippen LogP contribution in [0.3, 0.4) is 0 Å². The van der Waals surface area contributed by atoms with Crippen molar-refractivity contribution in [3.8, 4) is 11.6 Å². The number of anilines is 2. The Hall–Kier alpha value is -3.09. The van der Waals surface area contributed by atoms with E-state index < -0.39 is 17.0 Å². The summed E-state index contributed by atoms with van der Waals surface area (Å²) in [6, 6.07) is 5.09. The lowest BCUT2D eigenvalue weighted by Crippen LogP contribution is -2.40. The Morgan fingerprint density at radius 1 is 1.11 bits per heavy atom. The first-order chi connectivity index (χ1) is 17.0. The summed E-state index contributed by atoms with van der Waals surface area (Å²) in [6.07, 6.45) is 7.36. The van der Waals surface area contributed by atoms with Crippen LogP contribution in [-0.2, 0) is 17.5 Å². The van der Waals surface area contributed by atoms with E-state index in [1.165, 1.54) is 6.07 Å². The van der Waals surface area contributed by atoms with E-state index in [-0.39, 0.29) is 18.0 Å². The third kappa shape index (κ3) is 5.44. The second kappa shape index (κ2) is 10.3. The number of halogens is 1. The molecule has 0 aromatic carbocycles. The molecule has 0 spiro atoms. The number of fused-ring (bicyclic) bond motifs is 1. The highest BCUT2D eigenvalue weighted by molar-refractivity contribution is 7.79. The summed E-state index contributed by atoms with van der Waals surface area (Å²) in [4.78, 5) is 25.7. The van der Waals surface area contributed by atoms with E-state index in [1.807, 2.05) is 17.9 Å². The SMILES string of the molecule is CC1c2cnc(-c3ncccn3)nc2CCN1c1cc(NC2CCN(CS(=O)[O-])CC2)cc(F)n1. The van der Waals surface area contributed by atoms with Gasteiger partial charge in [-0.25, -0.2) is 24.9 Å². The number of hydrogen-bond donors (Lipinski definition) is 1. The van der Waals surface area contributed by atoms with E-state index in [2.05, 4.69) is 35.1 Å². The molecule has 0 radical (unpaired) electrons. The van der Waals surface area contributed by atoms with E-state index in [0.717, 1.165) is 24.1 Å². The highest BCUT2D eigenvalue weighted by Gasteiger charge is 2.28. The molecule has 1 N–H and O–H groups in total. The van der Waals surface area contributed by atoms with Gasteiger partial charge in [0.2, 0.25) is 5.95 Å². The zero-order valence-electron chi connectivity index (χ0n) is 19.3. The third-order valence-corrected chi connectivity index (χ3v) is 7.07. The van der Waals surface area contributed by atoms with Gasteiger partial charge in [0.05, 0.1) is 17.6 Å². The summed E-state index contributed by atoms with van der Waals surface area (Å²) in [7, 11) is 0. The molecule has 12 heteroatoms. The average Bonchev–Trinajstić information content (AvgIpc) is 2.85. The fraction of sp³-hybridized carbons (Fsp3) is 0.435. The van der Waals surface area contributed by atoms with Gasteiger partial charge in [-0.05, 0) is 36.9 Å². The number of nitrogens with zero attached hydrogens (tertiary/aromatic N) is 7. The van der Waals surface area contributed by atoms with Crippen molar-refractivity contribution in [3.63, 3.8) is 0 Å². The van der Waals surface area contributed by atoms with E-state index in [9.17, 15) is 13.2 Å². The van der Waals surface area contributed by atoms with Gasteiger partial charge in [0.15, 0.2) is 11.6 Å².